The maximum atomic E-state index is 5.97. The van der Waals surface area contributed by atoms with Crippen molar-refractivity contribution < 1.29 is 0 Å². The highest BCUT2D eigenvalue weighted by atomic mass is 15.1. The Balaban J connectivity index is 2.11. The maximum Gasteiger partial charge on any atom is 0.0387 e. The van der Waals surface area contributed by atoms with Gasteiger partial charge in [-0.3, -0.25) is 0 Å². The predicted octanol–water partition coefficient (Wildman–Crippen LogP) is 3.35. The van der Waals surface area contributed by atoms with E-state index in [1.54, 1.807) is 0 Å². The van der Waals surface area contributed by atoms with Crippen molar-refractivity contribution >= 4 is 11.4 Å². The van der Waals surface area contributed by atoms with Crippen LogP contribution in [0.15, 0.2) is 18.2 Å². The van der Waals surface area contributed by atoms with Crippen LogP contribution in [0.3, 0.4) is 0 Å². The van der Waals surface area contributed by atoms with Gasteiger partial charge in [0.05, 0.1) is 0 Å². The Bertz CT molecular complexity index is 339. The van der Waals surface area contributed by atoms with Crippen LogP contribution in [0, 0.1) is 6.92 Å². The fourth-order valence-electron chi connectivity index (χ4n) is 2.33. The Labute approximate surface area is 98.4 Å². The number of nitrogen functional groups attached to an aromatic ring is 1. The first-order valence-corrected chi connectivity index (χ1v) is 6.38. The molecule has 2 rings (SSSR count). The predicted molar refractivity (Wildman–Crippen MR) is 70.9 cm³/mol. The number of hydrogen-bond acceptors (Lipinski definition) is 2. The van der Waals surface area contributed by atoms with Gasteiger partial charge < -0.3 is 10.6 Å². The minimum Gasteiger partial charge on any atom is -0.398 e. The summed E-state index contributed by atoms with van der Waals surface area (Å²) in [4.78, 5) is 2.48. The van der Waals surface area contributed by atoms with Crippen molar-refractivity contribution in [3.8, 4) is 0 Å². The van der Waals surface area contributed by atoms with E-state index in [2.05, 4.69) is 30.0 Å². The van der Waals surface area contributed by atoms with E-state index in [0.717, 1.165) is 5.69 Å². The van der Waals surface area contributed by atoms with Gasteiger partial charge >= 0.3 is 0 Å². The van der Waals surface area contributed by atoms with Crippen molar-refractivity contribution in [2.24, 2.45) is 0 Å². The van der Waals surface area contributed by atoms with Crippen molar-refractivity contribution in [3.05, 3.63) is 23.8 Å². The van der Waals surface area contributed by atoms with Crippen LogP contribution >= 0.6 is 0 Å². The Morgan fingerprint density at radius 3 is 2.25 bits per heavy atom. The zero-order chi connectivity index (χ0) is 11.4. The summed E-state index contributed by atoms with van der Waals surface area (Å²) in [6, 6.07) is 6.45. The second-order valence-electron chi connectivity index (χ2n) is 4.80. The molecule has 0 aliphatic carbocycles. The van der Waals surface area contributed by atoms with Gasteiger partial charge in [-0.25, -0.2) is 0 Å². The van der Waals surface area contributed by atoms with E-state index in [1.807, 2.05) is 0 Å². The molecule has 2 heteroatoms. The van der Waals surface area contributed by atoms with Gasteiger partial charge in [0.25, 0.3) is 0 Å². The van der Waals surface area contributed by atoms with Crippen LogP contribution in [-0.2, 0) is 0 Å². The summed E-state index contributed by atoms with van der Waals surface area (Å²) >= 11 is 0. The molecule has 0 amide bonds. The number of nitrogens with two attached hydrogens (primary N) is 1. The third-order valence-corrected chi connectivity index (χ3v) is 3.48. The van der Waals surface area contributed by atoms with Crippen LogP contribution < -0.4 is 10.6 Å². The van der Waals surface area contributed by atoms with Crippen LogP contribution in [-0.4, -0.2) is 13.1 Å². The lowest BCUT2D eigenvalue weighted by atomic mass is 10.1. The first-order chi connectivity index (χ1) is 7.77. The molecule has 2 nitrogen and oxygen atoms in total. The first-order valence-electron chi connectivity index (χ1n) is 6.38. The zero-order valence-corrected chi connectivity index (χ0v) is 10.2. The van der Waals surface area contributed by atoms with Crippen molar-refractivity contribution in [2.75, 3.05) is 23.7 Å². The summed E-state index contributed by atoms with van der Waals surface area (Å²) in [5.41, 5.74) is 9.36. The minimum absolute atomic E-state index is 0.916. The topological polar surface area (TPSA) is 29.3 Å². The average molecular weight is 218 g/mol. The van der Waals surface area contributed by atoms with Crippen LogP contribution in [0.2, 0.25) is 0 Å². The fourth-order valence-corrected chi connectivity index (χ4v) is 2.33. The normalized spacial score (nSPS) is 17.9. The van der Waals surface area contributed by atoms with Gasteiger partial charge in [0.2, 0.25) is 0 Å². The lowest BCUT2D eigenvalue weighted by molar-refractivity contribution is 0.556. The second-order valence-corrected chi connectivity index (χ2v) is 4.80. The van der Waals surface area contributed by atoms with Gasteiger partial charge in [-0.05, 0) is 37.5 Å². The largest absolute Gasteiger partial charge is 0.398 e. The molecule has 1 fully saturated rings. The molecule has 0 saturated carbocycles. The van der Waals surface area contributed by atoms with E-state index < -0.39 is 0 Å². The van der Waals surface area contributed by atoms with Crippen molar-refractivity contribution in [2.45, 2.75) is 39.0 Å². The Hall–Kier alpha value is -1.18. The smallest absolute Gasteiger partial charge is 0.0387 e. The molecule has 1 heterocycles. The molecule has 1 aromatic rings. The molecule has 1 aliphatic heterocycles. The van der Waals surface area contributed by atoms with Crippen molar-refractivity contribution in [1.29, 1.82) is 0 Å². The molecular weight excluding hydrogens is 196 g/mol. The Morgan fingerprint density at radius 2 is 1.62 bits per heavy atom. The molecule has 1 aromatic carbocycles. The lowest BCUT2D eigenvalue weighted by Gasteiger charge is -2.27. The van der Waals surface area contributed by atoms with Gasteiger partial charge in [-0.2, -0.15) is 0 Å². The number of benzene rings is 1. The van der Waals surface area contributed by atoms with Crippen molar-refractivity contribution in [1.82, 2.24) is 0 Å². The second kappa shape index (κ2) is 5.24. The third-order valence-electron chi connectivity index (χ3n) is 3.48. The first kappa shape index (κ1) is 11.3. The molecule has 2 N–H and O–H groups in total. The molecule has 0 aromatic heterocycles. The summed E-state index contributed by atoms with van der Waals surface area (Å²) in [6.07, 6.45) is 6.78. The number of aryl methyl sites for hydroxylation is 1. The van der Waals surface area contributed by atoms with Crippen LogP contribution in [0.25, 0.3) is 0 Å². The molecule has 16 heavy (non-hydrogen) atoms. The molecule has 1 aliphatic rings. The average Bonchev–Trinajstić information content (AvgIpc) is 2.22. The molecule has 88 valence electrons. The van der Waals surface area contributed by atoms with E-state index in [0.29, 0.717) is 0 Å². The molecule has 0 bridgehead atoms. The van der Waals surface area contributed by atoms with E-state index in [4.69, 9.17) is 5.73 Å². The van der Waals surface area contributed by atoms with Gasteiger partial charge in [0.1, 0.15) is 0 Å². The van der Waals surface area contributed by atoms with E-state index in [-0.39, 0.29) is 0 Å². The highest BCUT2D eigenvalue weighted by Gasteiger charge is 2.09. The zero-order valence-electron chi connectivity index (χ0n) is 10.2. The van der Waals surface area contributed by atoms with E-state index in [9.17, 15) is 0 Å². The Kier molecular flexibility index (Phi) is 3.70. The van der Waals surface area contributed by atoms with E-state index >= 15 is 0 Å². The maximum absolute atomic E-state index is 5.97. The Morgan fingerprint density at radius 1 is 1.00 bits per heavy atom. The molecule has 0 unspecified atom stereocenters. The highest BCUT2D eigenvalue weighted by Crippen LogP contribution is 2.23. The summed E-state index contributed by atoms with van der Waals surface area (Å²) in [7, 11) is 0. The summed E-state index contributed by atoms with van der Waals surface area (Å²) in [6.45, 7) is 4.43. The summed E-state index contributed by atoms with van der Waals surface area (Å²) < 4.78 is 0. The lowest BCUT2D eigenvalue weighted by Crippen LogP contribution is -2.27. The number of nitrogens with zero attached hydrogens (tertiary/aromatic N) is 1. The third kappa shape index (κ3) is 2.69. The number of anilines is 2. The van der Waals surface area contributed by atoms with Gasteiger partial charge in [-0.1, -0.05) is 25.3 Å². The van der Waals surface area contributed by atoms with Crippen LogP contribution in [0.5, 0.6) is 0 Å². The molecule has 0 radical (unpaired) electrons. The molecule has 1 saturated heterocycles. The standard InChI is InChI=1S/C14H22N2/c1-12-7-8-13(11-14(12)15)16-9-5-3-2-4-6-10-16/h7-8,11H,2-6,9-10,15H2,1H3. The fraction of sp³-hybridized carbons (Fsp3) is 0.571. The van der Waals surface area contributed by atoms with E-state index in [1.165, 1.54) is 56.4 Å². The molecule has 0 spiro atoms. The van der Waals surface area contributed by atoms with Gasteiger partial charge in [-0.15, -0.1) is 0 Å². The minimum atomic E-state index is 0.916. The SMILES string of the molecule is Cc1ccc(N2CCCCCCC2)cc1N. The molecular formula is C14H22N2. The van der Waals surface area contributed by atoms with Crippen LogP contribution in [0.1, 0.15) is 37.7 Å². The number of rotatable bonds is 1. The van der Waals surface area contributed by atoms with Crippen LogP contribution in [0.4, 0.5) is 11.4 Å². The molecule has 0 atom stereocenters. The van der Waals surface area contributed by atoms with Gasteiger partial charge in [0.15, 0.2) is 0 Å². The monoisotopic (exact) mass is 218 g/mol. The number of hydrogen-bond donors (Lipinski definition) is 1. The van der Waals surface area contributed by atoms with Gasteiger partial charge in [0, 0.05) is 24.5 Å². The van der Waals surface area contributed by atoms with Crippen molar-refractivity contribution in [3.63, 3.8) is 0 Å². The summed E-state index contributed by atoms with van der Waals surface area (Å²) in [5, 5.41) is 0. The quantitative estimate of drug-likeness (QED) is 0.732. The summed E-state index contributed by atoms with van der Waals surface area (Å²) in [5.74, 6) is 0. The highest BCUT2D eigenvalue weighted by molar-refractivity contribution is 5.59.